The summed E-state index contributed by atoms with van der Waals surface area (Å²) in [5.74, 6) is 1.62. The number of anilines is 1. The maximum absolute atomic E-state index is 6.12. The number of para-hydroxylation sites is 1. The molecule has 122 valence electrons. The highest BCUT2D eigenvalue weighted by Gasteiger charge is 2.21. The molecule has 1 aliphatic rings. The summed E-state index contributed by atoms with van der Waals surface area (Å²) in [4.78, 5) is 2.23. The molecule has 2 heterocycles. The van der Waals surface area contributed by atoms with Crippen molar-refractivity contribution in [2.45, 2.75) is 19.3 Å². The number of hydrogen-bond acceptors (Lipinski definition) is 4. The van der Waals surface area contributed by atoms with E-state index >= 15 is 0 Å². The monoisotopic (exact) mass is 351 g/mol. The average molecular weight is 352 g/mol. The molecule has 0 spiro atoms. The Labute approximate surface area is 146 Å². The van der Waals surface area contributed by atoms with Gasteiger partial charge in [0.25, 0.3) is 0 Å². The second kappa shape index (κ2) is 7.84. The first-order valence-corrected chi connectivity index (χ1v) is 8.59. The summed E-state index contributed by atoms with van der Waals surface area (Å²) in [5.41, 5.74) is 0.880. The van der Waals surface area contributed by atoms with Gasteiger partial charge in [-0.1, -0.05) is 41.4 Å². The molecule has 0 bridgehead atoms. The molecule has 1 aromatic heterocycles. The van der Waals surface area contributed by atoms with Gasteiger partial charge in [-0.05, 0) is 37.3 Å². The molecule has 3 rings (SSSR count). The van der Waals surface area contributed by atoms with E-state index in [0.29, 0.717) is 16.2 Å². The summed E-state index contributed by atoms with van der Waals surface area (Å²) >= 11 is 12.0. The van der Waals surface area contributed by atoms with Crippen molar-refractivity contribution in [3.63, 3.8) is 0 Å². The summed E-state index contributed by atoms with van der Waals surface area (Å²) in [7, 11) is 0. The summed E-state index contributed by atoms with van der Waals surface area (Å²) in [6, 6.07) is 11.7. The molecule has 0 unspecified atom stereocenters. The van der Waals surface area contributed by atoms with Crippen LogP contribution in [0.2, 0.25) is 10.3 Å². The first-order valence-electron chi connectivity index (χ1n) is 7.84. The Morgan fingerprint density at radius 3 is 2.57 bits per heavy atom. The van der Waals surface area contributed by atoms with Gasteiger partial charge in [0.2, 0.25) is 0 Å². The summed E-state index contributed by atoms with van der Waals surface area (Å²) in [6.45, 7) is 2.67. The van der Waals surface area contributed by atoms with Crippen molar-refractivity contribution in [1.29, 1.82) is 0 Å². The van der Waals surface area contributed by atoms with Crippen LogP contribution in [-0.2, 0) is 0 Å². The van der Waals surface area contributed by atoms with Gasteiger partial charge in [-0.15, -0.1) is 10.2 Å². The van der Waals surface area contributed by atoms with Crippen molar-refractivity contribution in [3.05, 3.63) is 46.7 Å². The van der Waals surface area contributed by atoms with Gasteiger partial charge in [0.15, 0.2) is 10.3 Å². The Bertz CT molecular complexity index is 631. The molecule has 2 aromatic rings. The number of aromatic nitrogens is 2. The Kier molecular flexibility index (Phi) is 5.57. The quantitative estimate of drug-likeness (QED) is 0.796. The van der Waals surface area contributed by atoms with Gasteiger partial charge < -0.3 is 9.64 Å². The van der Waals surface area contributed by atoms with Crippen LogP contribution in [0.4, 0.5) is 5.69 Å². The minimum atomic E-state index is 0.378. The molecule has 1 aromatic carbocycles. The van der Waals surface area contributed by atoms with Crippen LogP contribution in [-0.4, -0.2) is 29.9 Å². The van der Waals surface area contributed by atoms with Gasteiger partial charge in [-0.25, -0.2) is 0 Å². The smallest absolute Gasteiger partial charge is 0.175 e. The fraction of sp³-hybridized carbons (Fsp3) is 0.412. The lowest BCUT2D eigenvalue weighted by Crippen LogP contribution is -2.34. The molecule has 0 radical (unpaired) electrons. The normalized spacial score (nSPS) is 15.7. The van der Waals surface area contributed by atoms with Crippen LogP contribution in [0.25, 0.3) is 0 Å². The topological polar surface area (TPSA) is 38.2 Å². The highest BCUT2D eigenvalue weighted by molar-refractivity contribution is 6.33. The van der Waals surface area contributed by atoms with E-state index in [0.717, 1.165) is 50.4 Å². The molecule has 6 heteroatoms. The van der Waals surface area contributed by atoms with E-state index in [9.17, 15) is 0 Å². The zero-order valence-electron chi connectivity index (χ0n) is 12.8. The van der Waals surface area contributed by atoms with Crippen molar-refractivity contribution in [1.82, 2.24) is 10.2 Å². The van der Waals surface area contributed by atoms with Crippen molar-refractivity contribution < 1.29 is 4.74 Å². The van der Waals surface area contributed by atoms with Crippen LogP contribution in [0.5, 0.6) is 5.75 Å². The van der Waals surface area contributed by atoms with Crippen molar-refractivity contribution in [2.75, 3.05) is 24.6 Å². The fourth-order valence-corrected chi connectivity index (χ4v) is 3.24. The number of halogens is 2. The third-order valence-corrected chi connectivity index (χ3v) is 4.65. The zero-order chi connectivity index (χ0) is 16.1. The molecule has 1 saturated heterocycles. The lowest BCUT2D eigenvalue weighted by atomic mass is 9.94. The van der Waals surface area contributed by atoms with Crippen molar-refractivity contribution in [3.8, 4) is 5.75 Å². The number of ether oxygens (including phenoxy) is 1. The molecule has 1 aliphatic heterocycles. The molecule has 1 fully saturated rings. The molecule has 4 nitrogen and oxygen atoms in total. The highest BCUT2D eigenvalue weighted by atomic mass is 35.5. The van der Waals surface area contributed by atoms with E-state index < -0.39 is 0 Å². The Hall–Kier alpha value is -1.52. The van der Waals surface area contributed by atoms with Gasteiger partial charge in [0.05, 0.1) is 12.3 Å². The SMILES string of the molecule is Clc1cc(N2CCC(CCOc3ccccc3)CC2)c(Cl)nn1. The summed E-state index contributed by atoms with van der Waals surface area (Å²) in [5, 5.41) is 8.43. The zero-order valence-corrected chi connectivity index (χ0v) is 14.3. The van der Waals surface area contributed by atoms with Gasteiger partial charge in [0.1, 0.15) is 5.75 Å². The van der Waals surface area contributed by atoms with Crippen LogP contribution in [0.15, 0.2) is 36.4 Å². The van der Waals surface area contributed by atoms with E-state index in [2.05, 4.69) is 15.1 Å². The van der Waals surface area contributed by atoms with Crippen LogP contribution in [0.3, 0.4) is 0 Å². The maximum Gasteiger partial charge on any atom is 0.175 e. The molecule has 0 saturated carbocycles. The van der Waals surface area contributed by atoms with E-state index in [1.165, 1.54) is 0 Å². The second-order valence-electron chi connectivity index (χ2n) is 5.72. The predicted octanol–water partition coefficient (Wildman–Crippen LogP) is 4.47. The lowest BCUT2D eigenvalue weighted by Gasteiger charge is -2.33. The third kappa shape index (κ3) is 4.49. The number of benzene rings is 1. The number of rotatable bonds is 5. The molecule has 0 aliphatic carbocycles. The standard InChI is InChI=1S/C17H19Cl2N3O/c18-16-12-15(17(19)21-20-16)22-9-6-13(7-10-22)8-11-23-14-4-2-1-3-5-14/h1-5,12-13H,6-11H2. The molecular weight excluding hydrogens is 333 g/mol. The maximum atomic E-state index is 6.12. The fourth-order valence-electron chi connectivity index (χ4n) is 2.89. The first-order chi connectivity index (χ1) is 11.2. The summed E-state index contributed by atoms with van der Waals surface area (Å²) < 4.78 is 5.78. The summed E-state index contributed by atoms with van der Waals surface area (Å²) in [6.07, 6.45) is 3.31. The third-order valence-electron chi connectivity index (χ3n) is 4.19. The predicted molar refractivity (Wildman–Crippen MR) is 93.5 cm³/mol. The second-order valence-corrected chi connectivity index (χ2v) is 6.47. The largest absolute Gasteiger partial charge is 0.494 e. The molecular formula is C17H19Cl2N3O. The first kappa shape index (κ1) is 16.3. The van der Waals surface area contributed by atoms with Crippen molar-refractivity contribution in [2.24, 2.45) is 5.92 Å². The van der Waals surface area contributed by atoms with Gasteiger partial charge in [0, 0.05) is 19.2 Å². The van der Waals surface area contributed by atoms with Crippen LogP contribution >= 0.6 is 23.2 Å². The minimum Gasteiger partial charge on any atom is -0.494 e. The van der Waals surface area contributed by atoms with E-state index in [1.54, 1.807) is 6.07 Å². The van der Waals surface area contributed by atoms with Crippen LogP contribution in [0.1, 0.15) is 19.3 Å². The van der Waals surface area contributed by atoms with E-state index in [1.807, 2.05) is 30.3 Å². The number of nitrogens with zero attached hydrogens (tertiary/aromatic N) is 3. The molecule has 0 amide bonds. The van der Waals surface area contributed by atoms with Crippen LogP contribution in [0, 0.1) is 5.92 Å². The van der Waals surface area contributed by atoms with Gasteiger partial charge in [-0.2, -0.15) is 0 Å². The highest BCUT2D eigenvalue weighted by Crippen LogP contribution is 2.30. The van der Waals surface area contributed by atoms with Gasteiger partial charge >= 0.3 is 0 Å². The Morgan fingerprint density at radius 1 is 1.09 bits per heavy atom. The van der Waals surface area contributed by atoms with Gasteiger partial charge in [-0.3, -0.25) is 0 Å². The average Bonchev–Trinajstić information content (AvgIpc) is 2.59. The van der Waals surface area contributed by atoms with Crippen LogP contribution < -0.4 is 9.64 Å². The number of hydrogen-bond donors (Lipinski definition) is 0. The van der Waals surface area contributed by atoms with E-state index in [4.69, 9.17) is 27.9 Å². The molecule has 23 heavy (non-hydrogen) atoms. The Balaban J connectivity index is 1.46. The molecule has 0 N–H and O–H groups in total. The lowest BCUT2D eigenvalue weighted by molar-refractivity contribution is 0.258. The number of piperidine rings is 1. The van der Waals surface area contributed by atoms with E-state index in [-0.39, 0.29) is 0 Å². The minimum absolute atomic E-state index is 0.378. The molecule has 0 atom stereocenters. The Morgan fingerprint density at radius 2 is 1.83 bits per heavy atom. The van der Waals surface area contributed by atoms with Crippen molar-refractivity contribution >= 4 is 28.9 Å².